The number of hydrogen-bond acceptors (Lipinski definition) is 3. The summed E-state index contributed by atoms with van der Waals surface area (Å²) in [5.41, 5.74) is 1.18. The number of nitrogens with zero attached hydrogens (tertiary/aromatic N) is 1. The summed E-state index contributed by atoms with van der Waals surface area (Å²) < 4.78 is 31.7. The van der Waals surface area contributed by atoms with Crippen LogP contribution in [-0.4, -0.2) is 20.1 Å². The number of para-hydroxylation sites is 1. The van der Waals surface area contributed by atoms with Gasteiger partial charge in [0.05, 0.1) is 18.4 Å². The fourth-order valence-corrected chi connectivity index (χ4v) is 2.10. The lowest BCUT2D eigenvalue weighted by Gasteiger charge is -2.22. The molecule has 0 aromatic heterocycles. The van der Waals surface area contributed by atoms with Crippen LogP contribution in [0.25, 0.3) is 0 Å². The van der Waals surface area contributed by atoms with Crippen molar-refractivity contribution in [2.75, 3.05) is 19.1 Å². The lowest BCUT2D eigenvalue weighted by molar-refractivity contribution is 0.0601. The van der Waals surface area contributed by atoms with Crippen LogP contribution in [-0.2, 0) is 11.3 Å². The molecule has 0 aliphatic rings. The zero-order valence-electron chi connectivity index (χ0n) is 11.8. The largest absolute Gasteiger partial charge is 0.465 e. The maximum absolute atomic E-state index is 13.7. The van der Waals surface area contributed by atoms with Crippen LogP contribution < -0.4 is 4.90 Å². The van der Waals surface area contributed by atoms with Crippen molar-refractivity contribution in [3.8, 4) is 0 Å². The van der Waals surface area contributed by atoms with Gasteiger partial charge >= 0.3 is 5.97 Å². The first-order valence-corrected chi connectivity index (χ1v) is 6.36. The minimum absolute atomic E-state index is 0.137. The van der Waals surface area contributed by atoms with E-state index in [2.05, 4.69) is 0 Å². The predicted molar refractivity (Wildman–Crippen MR) is 76.2 cm³/mol. The maximum Gasteiger partial charge on any atom is 0.339 e. The van der Waals surface area contributed by atoms with Gasteiger partial charge in [0.1, 0.15) is 0 Å². The number of carbonyl (C=O) groups is 1. The van der Waals surface area contributed by atoms with E-state index in [4.69, 9.17) is 4.74 Å². The molecule has 0 saturated carbocycles. The molecule has 0 atom stereocenters. The molecular weight excluding hydrogens is 276 g/mol. The smallest absolute Gasteiger partial charge is 0.339 e. The Morgan fingerprint density at radius 2 is 1.86 bits per heavy atom. The van der Waals surface area contributed by atoms with E-state index >= 15 is 0 Å². The molecule has 0 fully saturated rings. The Bertz CT molecular complexity index is 658. The molecule has 2 aromatic rings. The van der Waals surface area contributed by atoms with Gasteiger partial charge in [0.15, 0.2) is 11.6 Å². The van der Waals surface area contributed by atoms with Gasteiger partial charge in [-0.2, -0.15) is 0 Å². The number of halogens is 2. The van der Waals surface area contributed by atoms with E-state index in [0.29, 0.717) is 11.3 Å². The van der Waals surface area contributed by atoms with Crippen LogP contribution in [0.1, 0.15) is 15.9 Å². The van der Waals surface area contributed by atoms with Crippen molar-refractivity contribution in [1.29, 1.82) is 0 Å². The molecule has 110 valence electrons. The molecule has 0 aliphatic heterocycles. The summed E-state index contributed by atoms with van der Waals surface area (Å²) in [6.45, 7) is 0.137. The van der Waals surface area contributed by atoms with E-state index in [1.807, 2.05) is 0 Å². The Hall–Kier alpha value is -2.43. The average Bonchev–Trinajstić information content (AvgIpc) is 2.51. The summed E-state index contributed by atoms with van der Waals surface area (Å²) in [6.07, 6.45) is 0. The topological polar surface area (TPSA) is 29.5 Å². The van der Waals surface area contributed by atoms with Gasteiger partial charge in [0.2, 0.25) is 0 Å². The quantitative estimate of drug-likeness (QED) is 0.809. The van der Waals surface area contributed by atoms with E-state index in [-0.39, 0.29) is 12.1 Å². The Balaban J connectivity index is 2.31. The molecule has 0 bridgehead atoms. The molecular formula is C16H15F2NO2. The molecule has 0 spiro atoms. The van der Waals surface area contributed by atoms with Crippen molar-refractivity contribution in [2.45, 2.75) is 6.54 Å². The Kier molecular flexibility index (Phi) is 4.52. The molecule has 2 aromatic carbocycles. The lowest BCUT2D eigenvalue weighted by atomic mass is 10.1. The molecule has 0 N–H and O–H groups in total. The molecule has 3 nitrogen and oxygen atoms in total. The van der Waals surface area contributed by atoms with E-state index in [0.717, 1.165) is 6.07 Å². The Morgan fingerprint density at radius 3 is 2.57 bits per heavy atom. The highest BCUT2D eigenvalue weighted by Crippen LogP contribution is 2.23. The summed E-state index contributed by atoms with van der Waals surface area (Å²) in [5.74, 6) is -2.24. The fourth-order valence-electron chi connectivity index (χ4n) is 2.10. The monoisotopic (exact) mass is 291 g/mol. The molecule has 0 radical (unpaired) electrons. The van der Waals surface area contributed by atoms with Crippen LogP contribution >= 0.6 is 0 Å². The maximum atomic E-state index is 13.7. The summed E-state index contributed by atoms with van der Waals surface area (Å²) in [7, 11) is 3.00. The number of ether oxygens (including phenoxy) is 1. The van der Waals surface area contributed by atoms with E-state index in [1.165, 1.54) is 19.2 Å². The van der Waals surface area contributed by atoms with Gasteiger partial charge in [-0.1, -0.05) is 24.3 Å². The summed E-state index contributed by atoms with van der Waals surface area (Å²) in [6, 6.07) is 10.9. The van der Waals surface area contributed by atoms with Crippen LogP contribution in [0.3, 0.4) is 0 Å². The first-order valence-electron chi connectivity index (χ1n) is 6.36. The number of anilines is 1. The van der Waals surface area contributed by atoms with Gasteiger partial charge in [-0.25, -0.2) is 13.6 Å². The Labute approximate surface area is 121 Å². The minimum atomic E-state index is -0.887. The summed E-state index contributed by atoms with van der Waals surface area (Å²) in [4.78, 5) is 13.4. The predicted octanol–water partition coefficient (Wildman–Crippen LogP) is 3.39. The van der Waals surface area contributed by atoms with Crippen molar-refractivity contribution >= 4 is 11.7 Å². The number of rotatable bonds is 4. The van der Waals surface area contributed by atoms with Crippen LogP contribution in [0, 0.1) is 11.6 Å². The van der Waals surface area contributed by atoms with Crippen molar-refractivity contribution in [1.82, 2.24) is 0 Å². The molecule has 21 heavy (non-hydrogen) atoms. The highest BCUT2D eigenvalue weighted by molar-refractivity contribution is 5.95. The van der Waals surface area contributed by atoms with E-state index in [9.17, 15) is 13.6 Å². The van der Waals surface area contributed by atoms with Crippen molar-refractivity contribution in [3.63, 3.8) is 0 Å². The molecule has 0 amide bonds. The van der Waals surface area contributed by atoms with Crippen LogP contribution in [0.5, 0.6) is 0 Å². The Morgan fingerprint density at radius 1 is 1.14 bits per heavy atom. The van der Waals surface area contributed by atoms with Crippen molar-refractivity contribution < 1.29 is 18.3 Å². The highest BCUT2D eigenvalue weighted by atomic mass is 19.2. The second-order valence-electron chi connectivity index (χ2n) is 4.58. The van der Waals surface area contributed by atoms with Gasteiger partial charge in [0, 0.05) is 19.2 Å². The van der Waals surface area contributed by atoms with Crippen molar-refractivity contribution in [2.24, 2.45) is 0 Å². The number of hydrogen-bond donors (Lipinski definition) is 0. The second-order valence-corrected chi connectivity index (χ2v) is 4.58. The third-order valence-electron chi connectivity index (χ3n) is 3.16. The number of methoxy groups -OCH3 is 1. The normalized spacial score (nSPS) is 10.3. The van der Waals surface area contributed by atoms with Gasteiger partial charge in [-0.15, -0.1) is 0 Å². The van der Waals surface area contributed by atoms with Gasteiger partial charge < -0.3 is 9.64 Å². The third kappa shape index (κ3) is 3.18. The van der Waals surface area contributed by atoms with Gasteiger partial charge in [-0.3, -0.25) is 0 Å². The first kappa shape index (κ1) is 15.0. The SMILES string of the molecule is COC(=O)c1ccccc1N(C)Cc1cccc(F)c1F. The van der Waals surface area contributed by atoms with E-state index < -0.39 is 17.6 Å². The molecule has 0 unspecified atom stereocenters. The first-order chi connectivity index (χ1) is 10.0. The summed E-state index contributed by atoms with van der Waals surface area (Å²) in [5, 5.41) is 0. The number of carbonyl (C=O) groups excluding carboxylic acids is 1. The molecule has 2 rings (SSSR count). The summed E-state index contributed by atoms with van der Waals surface area (Å²) >= 11 is 0. The highest BCUT2D eigenvalue weighted by Gasteiger charge is 2.16. The number of benzene rings is 2. The molecule has 0 saturated heterocycles. The zero-order valence-corrected chi connectivity index (χ0v) is 11.8. The van der Waals surface area contributed by atoms with Crippen LogP contribution in [0.2, 0.25) is 0 Å². The zero-order chi connectivity index (χ0) is 15.4. The van der Waals surface area contributed by atoms with Crippen molar-refractivity contribution in [3.05, 3.63) is 65.2 Å². The molecule has 0 aliphatic carbocycles. The van der Waals surface area contributed by atoms with Crippen LogP contribution in [0.15, 0.2) is 42.5 Å². The third-order valence-corrected chi connectivity index (χ3v) is 3.16. The second kappa shape index (κ2) is 6.35. The molecule has 0 heterocycles. The molecule has 5 heteroatoms. The van der Waals surface area contributed by atoms with E-state index in [1.54, 1.807) is 36.2 Å². The van der Waals surface area contributed by atoms with Crippen LogP contribution in [0.4, 0.5) is 14.5 Å². The minimum Gasteiger partial charge on any atom is -0.465 e. The number of esters is 1. The lowest BCUT2D eigenvalue weighted by Crippen LogP contribution is -2.20. The van der Waals surface area contributed by atoms with Gasteiger partial charge in [0.25, 0.3) is 0 Å². The average molecular weight is 291 g/mol. The fraction of sp³-hybridized carbons (Fsp3) is 0.188. The standard InChI is InChI=1S/C16H15F2NO2/c1-19(10-11-6-5-8-13(17)15(11)18)14-9-4-3-7-12(14)16(20)21-2/h3-9H,10H2,1-2H3. The van der Waals surface area contributed by atoms with Gasteiger partial charge in [-0.05, 0) is 18.2 Å².